The lowest BCUT2D eigenvalue weighted by molar-refractivity contribution is -0.121. The van der Waals surface area contributed by atoms with Crippen LogP contribution >= 0.6 is 34.4 Å². The van der Waals surface area contributed by atoms with Gasteiger partial charge in [0.1, 0.15) is 0 Å². The van der Waals surface area contributed by atoms with Crippen LogP contribution in [0.1, 0.15) is 10.4 Å². The van der Waals surface area contributed by atoms with Gasteiger partial charge in [0.05, 0.1) is 16.9 Å². The number of anilines is 2. The number of halogens is 1. The molecule has 27 heavy (non-hydrogen) atoms. The van der Waals surface area contributed by atoms with Gasteiger partial charge in [-0.1, -0.05) is 42.1 Å². The van der Waals surface area contributed by atoms with E-state index in [9.17, 15) is 9.59 Å². The van der Waals surface area contributed by atoms with E-state index in [0.29, 0.717) is 5.56 Å². The molecule has 6 heteroatoms. The van der Waals surface area contributed by atoms with Crippen molar-refractivity contribution in [2.24, 2.45) is 0 Å². The van der Waals surface area contributed by atoms with E-state index in [0.717, 1.165) is 24.7 Å². The van der Waals surface area contributed by atoms with Crippen molar-refractivity contribution in [2.45, 2.75) is 9.79 Å². The lowest BCUT2D eigenvalue weighted by atomic mass is 10.2. The van der Waals surface area contributed by atoms with Crippen LogP contribution in [0, 0.1) is 3.57 Å². The highest BCUT2D eigenvalue weighted by Crippen LogP contribution is 2.47. The van der Waals surface area contributed by atoms with E-state index in [1.807, 2.05) is 54.6 Å². The number of ether oxygens (including phenoxy) is 1. The third-order valence-electron chi connectivity index (χ3n) is 4.07. The van der Waals surface area contributed by atoms with Crippen molar-refractivity contribution >= 4 is 57.6 Å². The van der Waals surface area contributed by atoms with Crippen molar-refractivity contribution in [2.75, 3.05) is 11.5 Å². The minimum absolute atomic E-state index is 0.283. The molecule has 1 aliphatic rings. The number of hydrogen-bond acceptors (Lipinski definition) is 4. The quantitative estimate of drug-likeness (QED) is 0.373. The van der Waals surface area contributed by atoms with Crippen LogP contribution in [0.3, 0.4) is 0 Å². The number of rotatable bonds is 3. The lowest BCUT2D eigenvalue weighted by Gasteiger charge is -2.30. The predicted octanol–water partition coefficient (Wildman–Crippen LogP) is 5.28. The third-order valence-corrected chi connectivity index (χ3v) is 5.87. The molecule has 4 rings (SSSR count). The van der Waals surface area contributed by atoms with Crippen LogP contribution in [-0.4, -0.2) is 18.5 Å². The molecule has 3 aromatic rings. The highest BCUT2D eigenvalue weighted by molar-refractivity contribution is 14.1. The molecule has 0 unspecified atom stereocenters. The first-order valence-corrected chi connectivity index (χ1v) is 10.1. The fraction of sp³-hybridized carbons (Fsp3) is 0.0476. The minimum Gasteiger partial charge on any atom is -0.452 e. The van der Waals surface area contributed by atoms with Crippen molar-refractivity contribution in [3.63, 3.8) is 0 Å². The number of carbonyl (C=O) groups is 2. The van der Waals surface area contributed by atoms with Gasteiger partial charge in [-0.15, -0.1) is 0 Å². The number of fused-ring (bicyclic) bond motifs is 2. The smallest absolute Gasteiger partial charge is 0.338 e. The van der Waals surface area contributed by atoms with E-state index >= 15 is 0 Å². The first kappa shape index (κ1) is 18.1. The van der Waals surface area contributed by atoms with Gasteiger partial charge < -0.3 is 4.74 Å². The summed E-state index contributed by atoms with van der Waals surface area (Å²) < 4.78 is 6.22. The lowest BCUT2D eigenvalue weighted by Crippen LogP contribution is -2.32. The zero-order valence-corrected chi connectivity index (χ0v) is 17.1. The summed E-state index contributed by atoms with van der Waals surface area (Å²) in [5.41, 5.74) is 2.04. The molecule has 0 aromatic heterocycles. The van der Waals surface area contributed by atoms with Crippen molar-refractivity contribution < 1.29 is 14.3 Å². The molecule has 134 valence electrons. The van der Waals surface area contributed by atoms with Crippen LogP contribution in [-0.2, 0) is 9.53 Å². The van der Waals surface area contributed by atoms with Crippen LogP contribution in [0.5, 0.6) is 0 Å². The maximum atomic E-state index is 13.0. The Hall–Kier alpha value is -2.32. The largest absolute Gasteiger partial charge is 0.452 e. The molecule has 1 heterocycles. The highest BCUT2D eigenvalue weighted by atomic mass is 127. The van der Waals surface area contributed by atoms with Gasteiger partial charge in [-0.05, 0) is 65.1 Å². The molecular weight excluding hydrogens is 473 g/mol. The second kappa shape index (κ2) is 7.74. The molecule has 0 atom stereocenters. The Kier molecular flexibility index (Phi) is 5.18. The van der Waals surface area contributed by atoms with E-state index in [4.69, 9.17) is 4.74 Å². The summed E-state index contributed by atoms with van der Waals surface area (Å²) in [6, 6.07) is 22.5. The fourth-order valence-electron chi connectivity index (χ4n) is 2.86. The monoisotopic (exact) mass is 487 g/mol. The summed E-state index contributed by atoms with van der Waals surface area (Å²) in [4.78, 5) is 28.9. The molecule has 3 aromatic carbocycles. The van der Waals surface area contributed by atoms with E-state index in [2.05, 4.69) is 22.6 Å². The summed E-state index contributed by atoms with van der Waals surface area (Å²) in [5.74, 6) is -0.788. The molecule has 0 aliphatic carbocycles. The molecule has 0 fully saturated rings. The van der Waals surface area contributed by atoms with Crippen molar-refractivity contribution in [3.05, 3.63) is 81.9 Å². The number of para-hydroxylation sites is 2. The van der Waals surface area contributed by atoms with Gasteiger partial charge in [0, 0.05) is 13.4 Å². The van der Waals surface area contributed by atoms with E-state index < -0.39 is 5.97 Å². The van der Waals surface area contributed by atoms with Gasteiger partial charge in [0.15, 0.2) is 6.61 Å². The Labute approximate surface area is 174 Å². The predicted molar refractivity (Wildman–Crippen MR) is 114 cm³/mol. The Balaban J connectivity index is 1.58. The van der Waals surface area contributed by atoms with Gasteiger partial charge in [0.25, 0.3) is 5.91 Å². The average molecular weight is 487 g/mol. The minimum atomic E-state index is -0.505. The molecule has 0 radical (unpaired) electrons. The van der Waals surface area contributed by atoms with Crippen LogP contribution in [0.25, 0.3) is 0 Å². The Morgan fingerprint density at radius 1 is 0.889 bits per heavy atom. The zero-order valence-electron chi connectivity index (χ0n) is 14.1. The Morgan fingerprint density at radius 2 is 1.52 bits per heavy atom. The molecule has 1 aliphatic heterocycles. The number of amides is 1. The van der Waals surface area contributed by atoms with Crippen LogP contribution in [0.15, 0.2) is 82.6 Å². The molecule has 0 saturated carbocycles. The third kappa shape index (κ3) is 3.72. The maximum absolute atomic E-state index is 13.0. The summed E-state index contributed by atoms with van der Waals surface area (Å²) in [5, 5.41) is 0. The number of hydrogen-bond donors (Lipinski definition) is 0. The van der Waals surface area contributed by atoms with E-state index in [-0.39, 0.29) is 12.5 Å². The summed E-state index contributed by atoms with van der Waals surface area (Å²) in [6.45, 7) is -0.322. The van der Waals surface area contributed by atoms with Gasteiger partial charge in [-0.25, -0.2) is 4.79 Å². The average Bonchev–Trinajstić information content (AvgIpc) is 2.70. The van der Waals surface area contributed by atoms with Gasteiger partial charge >= 0.3 is 5.97 Å². The Morgan fingerprint density at radius 3 is 2.15 bits per heavy atom. The molecule has 0 spiro atoms. The summed E-state index contributed by atoms with van der Waals surface area (Å²) in [7, 11) is 0. The number of benzene rings is 3. The second-order valence-electron chi connectivity index (χ2n) is 5.85. The van der Waals surface area contributed by atoms with Gasteiger partial charge in [0.2, 0.25) is 0 Å². The molecule has 1 amide bonds. The number of esters is 1. The van der Waals surface area contributed by atoms with E-state index in [1.165, 1.54) is 0 Å². The SMILES string of the molecule is O=C(OCC(=O)N1c2ccccc2Sc2ccccc21)c1cccc(I)c1. The van der Waals surface area contributed by atoms with Crippen LogP contribution < -0.4 is 4.90 Å². The molecule has 0 N–H and O–H groups in total. The summed E-state index contributed by atoms with van der Waals surface area (Å²) >= 11 is 3.76. The number of nitrogens with zero attached hydrogens (tertiary/aromatic N) is 1. The first-order valence-electron chi connectivity index (χ1n) is 8.25. The Bertz CT molecular complexity index is 992. The van der Waals surface area contributed by atoms with E-state index in [1.54, 1.807) is 34.9 Å². The highest BCUT2D eigenvalue weighted by Gasteiger charge is 2.28. The molecule has 0 saturated heterocycles. The fourth-order valence-corrected chi connectivity index (χ4v) is 4.46. The maximum Gasteiger partial charge on any atom is 0.338 e. The standard InChI is InChI=1S/C21H14INO3S/c22-15-7-5-6-14(12-15)21(25)26-13-20(24)23-16-8-1-3-10-18(16)27-19-11-4-2-9-17(19)23/h1-12H,13H2. The first-order chi connectivity index (χ1) is 13.1. The topological polar surface area (TPSA) is 46.6 Å². The summed E-state index contributed by atoms with van der Waals surface area (Å²) in [6.07, 6.45) is 0. The molecular formula is C21H14INO3S. The van der Waals surface area contributed by atoms with Crippen LogP contribution in [0.2, 0.25) is 0 Å². The molecule has 4 nitrogen and oxygen atoms in total. The van der Waals surface area contributed by atoms with Gasteiger partial charge in [-0.3, -0.25) is 9.69 Å². The second-order valence-corrected chi connectivity index (χ2v) is 8.18. The van der Waals surface area contributed by atoms with Crippen LogP contribution in [0.4, 0.5) is 11.4 Å². The van der Waals surface area contributed by atoms with Crippen molar-refractivity contribution in [1.82, 2.24) is 0 Å². The normalized spacial score (nSPS) is 12.1. The zero-order chi connectivity index (χ0) is 18.8. The molecule has 0 bridgehead atoms. The van der Waals surface area contributed by atoms with Crippen molar-refractivity contribution in [3.8, 4) is 0 Å². The number of carbonyl (C=O) groups excluding carboxylic acids is 2. The van der Waals surface area contributed by atoms with Gasteiger partial charge in [-0.2, -0.15) is 0 Å². The van der Waals surface area contributed by atoms with Crippen molar-refractivity contribution in [1.29, 1.82) is 0 Å².